The van der Waals surface area contributed by atoms with Crippen LogP contribution in [0, 0.1) is 5.92 Å². The van der Waals surface area contributed by atoms with Crippen molar-refractivity contribution in [1.82, 2.24) is 15.3 Å². The molecule has 5 rings (SSSR count). The highest BCUT2D eigenvalue weighted by Gasteiger charge is 2.25. The fourth-order valence-corrected chi connectivity index (χ4v) is 5.42. The van der Waals surface area contributed by atoms with E-state index in [0.29, 0.717) is 29.6 Å². The van der Waals surface area contributed by atoms with E-state index in [-0.39, 0.29) is 5.91 Å². The largest absolute Gasteiger partial charge is 0.355 e. The molecule has 0 unspecified atom stereocenters. The number of carbonyl (C=O) groups excluding carboxylic acids is 3. The normalized spacial score (nSPS) is 15.8. The lowest BCUT2D eigenvalue weighted by atomic mass is 9.97. The Morgan fingerprint density at radius 2 is 1.92 bits per heavy atom. The minimum atomic E-state index is -0.686. The molecule has 3 amide bonds. The number of fused-ring (bicyclic) bond motifs is 1. The summed E-state index contributed by atoms with van der Waals surface area (Å²) in [4.78, 5) is 50.9. The molecule has 1 aromatic carbocycles. The van der Waals surface area contributed by atoms with Gasteiger partial charge < -0.3 is 20.4 Å². The predicted octanol–water partition coefficient (Wildman–Crippen LogP) is 3.10. The maximum absolute atomic E-state index is 12.9. The lowest BCUT2D eigenvalue weighted by Gasteiger charge is -2.32. The second-order valence-corrected chi connectivity index (χ2v) is 9.99. The van der Waals surface area contributed by atoms with Crippen LogP contribution in [-0.2, 0) is 16.0 Å². The molecule has 3 aromatic rings. The number of amides is 3. The van der Waals surface area contributed by atoms with E-state index in [4.69, 9.17) is 0 Å². The van der Waals surface area contributed by atoms with E-state index >= 15 is 0 Å². The zero-order chi connectivity index (χ0) is 24.9. The summed E-state index contributed by atoms with van der Waals surface area (Å²) in [6.45, 7) is 2.80. The van der Waals surface area contributed by atoms with Gasteiger partial charge in [0.1, 0.15) is 5.82 Å². The van der Waals surface area contributed by atoms with E-state index in [9.17, 15) is 14.4 Å². The molecule has 4 heterocycles. The first-order chi connectivity index (χ1) is 17.6. The van der Waals surface area contributed by atoms with Gasteiger partial charge in [0, 0.05) is 49.9 Å². The van der Waals surface area contributed by atoms with Crippen LogP contribution < -0.4 is 20.4 Å². The molecule has 0 radical (unpaired) electrons. The zero-order valence-electron chi connectivity index (χ0n) is 19.9. The summed E-state index contributed by atoms with van der Waals surface area (Å²) < 4.78 is 0. The van der Waals surface area contributed by atoms with Crippen molar-refractivity contribution in [3.8, 4) is 0 Å². The number of benzene rings is 1. The third-order valence-corrected chi connectivity index (χ3v) is 7.54. The highest BCUT2D eigenvalue weighted by atomic mass is 32.1. The molecule has 1 saturated heterocycles. The van der Waals surface area contributed by atoms with Gasteiger partial charge in [-0.3, -0.25) is 19.4 Å². The van der Waals surface area contributed by atoms with Crippen LogP contribution in [0.25, 0.3) is 0 Å². The number of nitrogens with zero attached hydrogens (tertiary/aromatic N) is 4. The lowest BCUT2D eigenvalue weighted by molar-refractivity contribution is -0.136. The average molecular weight is 505 g/mol. The maximum Gasteiger partial charge on any atom is 0.313 e. The number of thiophene rings is 1. The number of nitrogens with one attached hydrogen (secondary N) is 2. The fraction of sp³-hybridized carbons (Fsp3) is 0.346. The molecule has 0 aliphatic carbocycles. The summed E-state index contributed by atoms with van der Waals surface area (Å²) in [6.07, 6.45) is 8.57. The molecule has 0 saturated carbocycles. The summed E-state index contributed by atoms with van der Waals surface area (Å²) in [5, 5.41) is 7.38. The van der Waals surface area contributed by atoms with Crippen molar-refractivity contribution < 1.29 is 14.4 Å². The second-order valence-electron chi connectivity index (χ2n) is 9.04. The van der Waals surface area contributed by atoms with Crippen LogP contribution in [-0.4, -0.2) is 53.9 Å². The predicted molar refractivity (Wildman–Crippen MR) is 139 cm³/mol. The molecule has 0 atom stereocenters. The minimum Gasteiger partial charge on any atom is -0.355 e. The molecule has 186 valence electrons. The van der Waals surface area contributed by atoms with Crippen LogP contribution in [0.2, 0.25) is 0 Å². The molecule has 2 N–H and O–H groups in total. The van der Waals surface area contributed by atoms with Crippen LogP contribution in [0.3, 0.4) is 0 Å². The third-order valence-electron chi connectivity index (χ3n) is 6.68. The number of anilines is 3. The third kappa shape index (κ3) is 5.38. The molecule has 2 aliphatic heterocycles. The lowest BCUT2D eigenvalue weighted by Crippen LogP contribution is -2.42. The standard InChI is InChI=1S/C26H28N6O3S/c33-24(29-16-18-7-12-31(13-8-18)23-17-27-9-10-28-23)25(34)30-20-5-6-21-19(15-20)3-1-11-32(21)26(35)22-4-2-14-36-22/h2,4-6,9-10,14-15,17-18H,1,3,7-8,11-13,16H2,(H,29,33)(H,30,34). The van der Waals surface area contributed by atoms with Gasteiger partial charge in [-0.2, -0.15) is 0 Å². The summed E-state index contributed by atoms with van der Waals surface area (Å²) in [5.74, 6) is -0.161. The minimum absolute atomic E-state index is 0.00959. The highest BCUT2D eigenvalue weighted by Crippen LogP contribution is 2.31. The summed E-state index contributed by atoms with van der Waals surface area (Å²) in [6, 6.07) is 9.15. The van der Waals surface area contributed by atoms with Crippen molar-refractivity contribution in [2.75, 3.05) is 41.3 Å². The number of hydrogen-bond acceptors (Lipinski definition) is 7. The quantitative estimate of drug-likeness (QED) is 0.517. The SMILES string of the molecule is O=C(NCC1CCN(c2cnccn2)CC1)C(=O)Nc1ccc2c(c1)CCCN2C(=O)c1cccs1. The van der Waals surface area contributed by atoms with Gasteiger partial charge in [0.2, 0.25) is 0 Å². The van der Waals surface area contributed by atoms with Gasteiger partial charge in [-0.15, -0.1) is 11.3 Å². The zero-order valence-corrected chi connectivity index (χ0v) is 20.7. The Morgan fingerprint density at radius 3 is 2.67 bits per heavy atom. The van der Waals surface area contributed by atoms with Crippen molar-refractivity contribution in [1.29, 1.82) is 0 Å². The topological polar surface area (TPSA) is 108 Å². The number of aryl methyl sites for hydroxylation is 1. The number of carbonyl (C=O) groups is 3. The van der Waals surface area contributed by atoms with Crippen molar-refractivity contribution >= 4 is 46.3 Å². The van der Waals surface area contributed by atoms with Crippen LogP contribution >= 0.6 is 11.3 Å². The molecule has 9 nitrogen and oxygen atoms in total. The summed E-state index contributed by atoms with van der Waals surface area (Å²) >= 11 is 1.43. The first-order valence-electron chi connectivity index (χ1n) is 12.2. The molecule has 0 spiro atoms. The van der Waals surface area contributed by atoms with E-state index in [1.807, 2.05) is 29.6 Å². The van der Waals surface area contributed by atoms with Gasteiger partial charge in [0.15, 0.2) is 0 Å². The Morgan fingerprint density at radius 1 is 1.06 bits per heavy atom. The Bertz CT molecular complexity index is 1230. The van der Waals surface area contributed by atoms with Crippen LogP contribution in [0.15, 0.2) is 54.3 Å². The van der Waals surface area contributed by atoms with Gasteiger partial charge in [-0.25, -0.2) is 4.98 Å². The van der Waals surface area contributed by atoms with Gasteiger partial charge in [-0.1, -0.05) is 6.07 Å². The molecule has 2 aromatic heterocycles. The molecular formula is C26H28N6O3S. The second kappa shape index (κ2) is 10.9. The number of hydrogen-bond donors (Lipinski definition) is 2. The van der Waals surface area contributed by atoms with Crippen molar-refractivity contribution in [3.05, 3.63) is 64.7 Å². The average Bonchev–Trinajstić information content (AvgIpc) is 3.47. The molecule has 10 heteroatoms. The van der Waals surface area contributed by atoms with Gasteiger partial charge in [0.25, 0.3) is 5.91 Å². The molecule has 2 aliphatic rings. The van der Waals surface area contributed by atoms with E-state index < -0.39 is 11.8 Å². The molecular weight excluding hydrogens is 476 g/mol. The molecule has 36 heavy (non-hydrogen) atoms. The number of aromatic nitrogens is 2. The fourth-order valence-electron chi connectivity index (χ4n) is 4.74. The maximum atomic E-state index is 12.9. The molecule has 0 bridgehead atoms. The van der Waals surface area contributed by atoms with Crippen LogP contribution in [0.4, 0.5) is 17.2 Å². The number of piperidine rings is 1. The van der Waals surface area contributed by atoms with Gasteiger partial charge in [0.05, 0.1) is 11.1 Å². The van der Waals surface area contributed by atoms with Gasteiger partial charge >= 0.3 is 11.8 Å². The van der Waals surface area contributed by atoms with Crippen LogP contribution in [0.1, 0.15) is 34.5 Å². The summed E-state index contributed by atoms with van der Waals surface area (Å²) in [7, 11) is 0. The Balaban J connectivity index is 1.12. The van der Waals surface area contributed by atoms with E-state index in [2.05, 4.69) is 25.5 Å². The Labute approximate surface area is 213 Å². The van der Waals surface area contributed by atoms with Crippen molar-refractivity contribution in [2.45, 2.75) is 25.7 Å². The van der Waals surface area contributed by atoms with E-state index in [1.54, 1.807) is 29.6 Å². The van der Waals surface area contributed by atoms with Crippen LogP contribution in [0.5, 0.6) is 0 Å². The first-order valence-corrected chi connectivity index (χ1v) is 13.0. The smallest absolute Gasteiger partial charge is 0.313 e. The Hall–Kier alpha value is -3.79. The van der Waals surface area contributed by atoms with E-state index in [1.165, 1.54) is 11.3 Å². The van der Waals surface area contributed by atoms with Crippen molar-refractivity contribution in [3.63, 3.8) is 0 Å². The molecule has 1 fully saturated rings. The highest BCUT2D eigenvalue weighted by molar-refractivity contribution is 7.12. The summed E-state index contributed by atoms with van der Waals surface area (Å²) in [5.41, 5.74) is 2.39. The Kier molecular flexibility index (Phi) is 7.22. The first kappa shape index (κ1) is 23.9. The van der Waals surface area contributed by atoms with Crippen molar-refractivity contribution in [2.24, 2.45) is 5.92 Å². The number of rotatable bonds is 5. The van der Waals surface area contributed by atoms with E-state index in [0.717, 1.165) is 55.8 Å². The van der Waals surface area contributed by atoms with Gasteiger partial charge in [-0.05, 0) is 66.8 Å². The monoisotopic (exact) mass is 504 g/mol.